The van der Waals surface area contributed by atoms with E-state index in [1.54, 1.807) is 0 Å². The minimum Gasteiger partial charge on any atom is -0.294 e. The lowest BCUT2D eigenvalue weighted by Gasteiger charge is -2.00. The summed E-state index contributed by atoms with van der Waals surface area (Å²) in [5.74, 6) is -0.182. The van der Waals surface area contributed by atoms with E-state index in [2.05, 4.69) is 4.99 Å². The first kappa shape index (κ1) is 6.86. The zero-order valence-electron chi connectivity index (χ0n) is 5.63. The predicted molar refractivity (Wildman–Crippen MR) is 36.9 cm³/mol. The van der Waals surface area contributed by atoms with Crippen molar-refractivity contribution in [3.05, 3.63) is 12.3 Å². The number of carbonyl (C=O) groups excluding carboxylic acids is 2. The summed E-state index contributed by atoms with van der Waals surface area (Å²) in [5, 5.41) is 0. The second kappa shape index (κ2) is 2.56. The normalized spacial score (nSPS) is 16.9. The van der Waals surface area contributed by atoms with Gasteiger partial charge in [0.1, 0.15) is 0 Å². The Morgan fingerprint density at radius 3 is 2.80 bits per heavy atom. The maximum Gasteiger partial charge on any atom is 0.174 e. The summed E-state index contributed by atoms with van der Waals surface area (Å²) in [7, 11) is 0. The zero-order chi connectivity index (χ0) is 7.56. The van der Waals surface area contributed by atoms with Gasteiger partial charge in [0.05, 0.1) is 12.1 Å². The molecule has 0 aromatic heterocycles. The third kappa shape index (κ3) is 1.37. The van der Waals surface area contributed by atoms with Crippen LogP contribution >= 0.6 is 0 Å². The molecule has 52 valence electrons. The van der Waals surface area contributed by atoms with Crippen LogP contribution in [-0.2, 0) is 9.59 Å². The minimum atomic E-state index is -0.127. The quantitative estimate of drug-likeness (QED) is 0.528. The van der Waals surface area contributed by atoms with Crippen LogP contribution in [0.3, 0.4) is 0 Å². The Kier molecular flexibility index (Phi) is 1.76. The maximum absolute atomic E-state index is 10.7. The van der Waals surface area contributed by atoms with Gasteiger partial charge in [-0.25, -0.2) is 0 Å². The SMILES string of the molecule is CC(=O)C1=NC=CC(=O)C1. The highest BCUT2D eigenvalue weighted by atomic mass is 16.1. The van der Waals surface area contributed by atoms with Crippen molar-refractivity contribution in [3.8, 4) is 0 Å². The summed E-state index contributed by atoms with van der Waals surface area (Å²) in [4.78, 5) is 25.0. The van der Waals surface area contributed by atoms with Gasteiger partial charge in [0, 0.05) is 13.1 Å². The van der Waals surface area contributed by atoms with E-state index in [9.17, 15) is 9.59 Å². The average molecular weight is 137 g/mol. The van der Waals surface area contributed by atoms with Crippen molar-refractivity contribution < 1.29 is 9.59 Å². The number of carbonyl (C=O) groups is 2. The van der Waals surface area contributed by atoms with E-state index in [1.807, 2.05) is 0 Å². The van der Waals surface area contributed by atoms with Gasteiger partial charge in [-0.05, 0) is 6.08 Å². The van der Waals surface area contributed by atoms with Crippen molar-refractivity contribution in [2.24, 2.45) is 4.99 Å². The minimum absolute atomic E-state index is 0.0554. The van der Waals surface area contributed by atoms with Crippen molar-refractivity contribution >= 4 is 17.3 Å². The zero-order valence-corrected chi connectivity index (χ0v) is 5.63. The van der Waals surface area contributed by atoms with Crippen LogP contribution in [0.2, 0.25) is 0 Å². The van der Waals surface area contributed by atoms with Gasteiger partial charge < -0.3 is 0 Å². The molecule has 0 aromatic carbocycles. The van der Waals surface area contributed by atoms with Gasteiger partial charge in [0.25, 0.3) is 0 Å². The summed E-state index contributed by atoms with van der Waals surface area (Å²) in [6.45, 7) is 1.41. The highest BCUT2D eigenvalue weighted by molar-refractivity contribution is 6.43. The van der Waals surface area contributed by atoms with E-state index < -0.39 is 0 Å². The van der Waals surface area contributed by atoms with E-state index in [-0.39, 0.29) is 18.0 Å². The van der Waals surface area contributed by atoms with Crippen LogP contribution in [0.4, 0.5) is 0 Å². The van der Waals surface area contributed by atoms with Crippen LogP contribution in [0, 0.1) is 0 Å². The van der Waals surface area contributed by atoms with Crippen LogP contribution in [0.25, 0.3) is 0 Å². The van der Waals surface area contributed by atoms with Crippen molar-refractivity contribution in [1.82, 2.24) is 0 Å². The summed E-state index contributed by atoms with van der Waals surface area (Å²) in [6, 6.07) is 0. The number of nitrogens with zero attached hydrogens (tertiary/aromatic N) is 1. The molecule has 1 aliphatic heterocycles. The van der Waals surface area contributed by atoms with Crippen molar-refractivity contribution in [2.45, 2.75) is 13.3 Å². The Hall–Kier alpha value is -1.25. The van der Waals surface area contributed by atoms with Crippen LogP contribution in [0.5, 0.6) is 0 Å². The van der Waals surface area contributed by atoms with Gasteiger partial charge in [0.15, 0.2) is 11.6 Å². The molecule has 1 rings (SSSR count). The van der Waals surface area contributed by atoms with Crippen LogP contribution in [0.15, 0.2) is 17.3 Å². The van der Waals surface area contributed by atoms with Gasteiger partial charge in [-0.1, -0.05) is 0 Å². The molecule has 0 amide bonds. The summed E-state index contributed by atoms with van der Waals surface area (Å²) in [6.07, 6.45) is 2.89. The summed E-state index contributed by atoms with van der Waals surface area (Å²) < 4.78 is 0. The fourth-order valence-corrected chi connectivity index (χ4v) is 0.695. The highest BCUT2D eigenvalue weighted by Gasteiger charge is 2.11. The third-order valence-electron chi connectivity index (χ3n) is 1.24. The smallest absolute Gasteiger partial charge is 0.174 e. The van der Waals surface area contributed by atoms with Crippen LogP contribution < -0.4 is 0 Å². The second-order valence-electron chi connectivity index (χ2n) is 2.09. The first-order valence-corrected chi connectivity index (χ1v) is 2.97. The van der Waals surface area contributed by atoms with E-state index >= 15 is 0 Å². The van der Waals surface area contributed by atoms with Crippen molar-refractivity contribution in [3.63, 3.8) is 0 Å². The standard InChI is InChI=1S/C7H7NO2/c1-5(9)7-4-6(10)2-3-8-7/h2-3H,4H2,1H3. The van der Waals surface area contributed by atoms with Crippen molar-refractivity contribution in [2.75, 3.05) is 0 Å². The van der Waals surface area contributed by atoms with E-state index in [4.69, 9.17) is 0 Å². The predicted octanol–water partition coefficient (Wildman–Crippen LogP) is 0.503. The third-order valence-corrected chi connectivity index (χ3v) is 1.24. The lowest BCUT2D eigenvalue weighted by atomic mass is 10.1. The van der Waals surface area contributed by atoms with Gasteiger partial charge in [-0.15, -0.1) is 0 Å². The molecule has 0 N–H and O–H groups in total. The van der Waals surface area contributed by atoms with Crippen molar-refractivity contribution in [1.29, 1.82) is 0 Å². The number of hydrogen-bond donors (Lipinski definition) is 0. The number of rotatable bonds is 1. The lowest BCUT2D eigenvalue weighted by Crippen LogP contribution is -2.16. The number of allylic oxidation sites excluding steroid dienone is 1. The molecule has 1 heterocycles. The molecule has 0 radical (unpaired) electrons. The van der Waals surface area contributed by atoms with Gasteiger partial charge >= 0.3 is 0 Å². The Labute approximate surface area is 58.5 Å². The molecule has 0 fully saturated rings. The van der Waals surface area contributed by atoms with Gasteiger partial charge in [-0.3, -0.25) is 14.6 Å². The first-order chi connectivity index (χ1) is 4.70. The molecular weight excluding hydrogens is 130 g/mol. The fraction of sp³-hybridized carbons (Fsp3) is 0.286. The molecule has 1 aliphatic rings. The molecule has 3 nitrogen and oxygen atoms in total. The molecule has 0 aromatic rings. The highest BCUT2D eigenvalue weighted by Crippen LogP contribution is 1.99. The van der Waals surface area contributed by atoms with E-state index in [1.165, 1.54) is 19.2 Å². The second-order valence-corrected chi connectivity index (χ2v) is 2.09. The molecule has 0 bridgehead atoms. The summed E-state index contributed by atoms with van der Waals surface area (Å²) >= 11 is 0. The largest absolute Gasteiger partial charge is 0.294 e. The number of aliphatic imine (C=N–C) groups is 1. The molecule has 3 heteroatoms. The van der Waals surface area contributed by atoms with E-state index in [0.29, 0.717) is 5.71 Å². The maximum atomic E-state index is 10.7. The Balaban J connectivity index is 2.80. The lowest BCUT2D eigenvalue weighted by molar-refractivity contribution is -0.115. The fourth-order valence-electron chi connectivity index (χ4n) is 0.695. The van der Waals surface area contributed by atoms with Crippen LogP contribution in [-0.4, -0.2) is 17.3 Å². The number of ketones is 2. The summed E-state index contributed by atoms with van der Waals surface area (Å²) in [5.41, 5.74) is 0.354. The first-order valence-electron chi connectivity index (χ1n) is 2.97. The Morgan fingerprint density at radius 2 is 2.40 bits per heavy atom. The number of hydrogen-bond acceptors (Lipinski definition) is 3. The number of Topliss-reactive ketones (excluding diaryl/α,β-unsaturated/α-hetero) is 1. The van der Waals surface area contributed by atoms with Crippen LogP contribution in [0.1, 0.15) is 13.3 Å². The molecular formula is C7H7NO2. The molecule has 0 unspecified atom stereocenters. The van der Waals surface area contributed by atoms with Gasteiger partial charge in [-0.2, -0.15) is 0 Å². The molecule has 0 saturated heterocycles. The molecule has 0 atom stereocenters. The molecule has 0 spiro atoms. The Bertz CT molecular complexity index is 238. The molecule has 0 aliphatic carbocycles. The van der Waals surface area contributed by atoms with Gasteiger partial charge in [0.2, 0.25) is 0 Å². The monoisotopic (exact) mass is 137 g/mol. The molecule has 0 saturated carbocycles. The topological polar surface area (TPSA) is 46.5 Å². The van der Waals surface area contributed by atoms with E-state index in [0.717, 1.165) is 0 Å². The Morgan fingerprint density at radius 1 is 1.70 bits per heavy atom. The average Bonchev–Trinajstić information content (AvgIpc) is 1.88. The molecule has 10 heavy (non-hydrogen) atoms.